The summed E-state index contributed by atoms with van der Waals surface area (Å²) in [7, 11) is 1.40. The SMILES string of the molecule is COC(=O)[AsH]c1nc2ccccc2[nH]1. The van der Waals surface area contributed by atoms with Gasteiger partial charge in [0, 0.05) is 0 Å². The van der Waals surface area contributed by atoms with E-state index in [0.717, 1.165) is 15.6 Å². The van der Waals surface area contributed by atoms with Gasteiger partial charge in [0.2, 0.25) is 0 Å². The Morgan fingerprint density at radius 1 is 1.50 bits per heavy atom. The van der Waals surface area contributed by atoms with E-state index in [2.05, 4.69) is 14.7 Å². The molecule has 4 nitrogen and oxygen atoms in total. The van der Waals surface area contributed by atoms with E-state index in [1.165, 1.54) is 7.11 Å². The van der Waals surface area contributed by atoms with Crippen molar-refractivity contribution < 1.29 is 9.53 Å². The van der Waals surface area contributed by atoms with Crippen LogP contribution in [0.15, 0.2) is 24.3 Å². The van der Waals surface area contributed by atoms with Gasteiger partial charge in [0.1, 0.15) is 0 Å². The number of methoxy groups -OCH3 is 1. The summed E-state index contributed by atoms with van der Waals surface area (Å²) in [6.45, 7) is 0. The second-order valence-corrected chi connectivity index (χ2v) is 5.09. The molecule has 0 fully saturated rings. The number of hydrogen-bond acceptors (Lipinski definition) is 3. The van der Waals surface area contributed by atoms with Gasteiger partial charge in [0.25, 0.3) is 0 Å². The van der Waals surface area contributed by atoms with Crippen LogP contribution in [-0.2, 0) is 4.74 Å². The molecule has 1 heterocycles. The molecule has 5 heteroatoms. The van der Waals surface area contributed by atoms with Crippen LogP contribution in [0.5, 0.6) is 0 Å². The monoisotopic (exact) mass is 252 g/mol. The summed E-state index contributed by atoms with van der Waals surface area (Å²) in [5.41, 5.74) is 1.87. The van der Waals surface area contributed by atoms with E-state index in [1.54, 1.807) is 0 Å². The van der Waals surface area contributed by atoms with Crippen LogP contribution in [0, 0.1) is 0 Å². The number of aromatic nitrogens is 2. The molecule has 1 unspecified atom stereocenters. The maximum atomic E-state index is 11.0. The Bertz CT molecular complexity index is 434. The number of ether oxygens (including phenoxy) is 1. The zero-order chi connectivity index (χ0) is 9.97. The molecule has 2 rings (SSSR count). The van der Waals surface area contributed by atoms with Gasteiger partial charge < -0.3 is 0 Å². The summed E-state index contributed by atoms with van der Waals surface area (Å²) in [6.07, 6.45) is 0. The zero-order valence-electron chi connectivity index (χ0n) is 7.57. The first-order valence-corrected chi connectivity index (χ1v) is 6.19. The standard InChI is InChI=1S/C9H9AsN2O2/c1-14-9(13)10-8-11-6-4-2-3-5-7(6)12-8/h2-5,10H,1H3,(H,11,12). The minimum atomic E-state index is -0.948. The second-order valence-electron chi connectivity index (χ2n) is 2.72. The number of fused-ring (bicyclic) bond motifs is 1. The molecule has 1 atom stereocenters. The van der Waals surface area contributed by atoms with Crippen molar-refractivity contribution >= 4 is 36.2 Å². The fourth-order valence-electron chi connectivity index (χ4n) is 1.16. The molecule has 14 heavy (non-hydrogen) atoms. The number of H-pyrrole nitrogens is 1. The van der Waals surface area contributed by atoms with E-state index in [0.29, 0.717) is 0 Å². The summed E-state index contributed by atoms with van der Waals surface area (Å²) in [4.78, 5) is 18.4. The number of hydrogen-bond donors (Lipinski definition) is 1. The predicted molar refractivity (Wildman–Crippen MR) is 55.3 cm³/mol. The van der Waals surface area contributed by atoms with Crippen LogP contribution in [0.1, 0.15) is 0 Å². The van der Waals surface area contributed by atoms with Crippen LogP contribution >= 0.6 is 0 Å². The first-order valence-electron chi connectivity index (χ1n) is 4.09. The Morgan fingerprint density at radius 3 is 3.00 bits per heavy atom. The molecule has 0 saturated carbocycles. The van der Waals surface area contributed by atoms with Crippen LogP contribution in [0.3, 0.4) is 0 Å². The van der Waals surface area contributed by atoms with Gasteiger partial charge in [-0.1, -0.05) is 0 Å². The molecular weight excluding hydrogens is 243 g/mol. The van der Waals surface area contributed by atoms with Crippen molar-refractivity contribution in [2.75, 3.05) is 7.11 Å². The fourth-order valence-corrected chi connectivity index (χ4v) is 2.56. The number of nitrogens with one attached hydrogen (secondary N) is 1. The molecule has 0 saturated heterocycles. The van der Waals surface area contributed by atoms with E-state index in [9.17, 15) is 4.79 Å². The molecule has 0 amide bonds. The summed E-state index contributed by atoms with van der Waals surface area (Å²) in [6, 6.07) is 7.71. The number of benzene rings is 1. The Morgan fingerprint density at radius 2 is 2.29 bits per heavy atom. The van der Waals surface area contributed by atoms with Gasteiger partial charge in [-0.2, -0.15) is 0 Å². The first-order chi connectivity index (χ1) is 6.79. The van der Waals surface area contributed by atoms with Crippen molar-refractivity contribution in [2.45, 2.75) is 0 Å². The number of carbonyl (C=O) groups excluding carboxylic acids is 1. The Balaban J connectivity index is 2.31. The number of imidazole rings is 1. The average Bonchev–Trinajstić information content (AvgIpc) is 2.59. The number of carbonyl (C=O) groups is 1. The topological polar surface area (TPSA) is 55.0 Å². The number of rotatable bonds is 2. The minimum absolute atomic E-state index is 0.163. The molecule has 0 radical (unpaired) electrons. The van der Waals surface area contributed by atoms with E-state index in [-0.39, 0.29) is 4.76 Å². The molecular formula is C9H9AsN2O2. The van der Waals surface area contributed by atoms with Crippen LogP contribution in [0.4, 0.5) is 4.79 Å². The molecule has 0 spiro atoms. The number of nitrogens with zero attached hydrogens (tertiary/aromatic N) is 1. The van der Waals surface area contributed by atoms with Gasteiger partial charge in [0.05, 0.1) is 0 Å². The van der Waals surface area contributed by atoms with Gasteiger partial charge in [-0.25, -0.2) is 0 Å². The van der Waals surface area contributed by atoms with Crippen molar-refractivity contribution in [1.29, 1.82) is 0 Å². The normalized spacial score (nSPS) is 11.2. The number of aromatic amines is 1. The van der Waals surface area contributed by atoms with Crippen molar-refractivity contribution in [1.82, 2.24) is 9.97 Å². The van der Waals surface area contributed by atoms with Gasteiger partial charge in [-0.15, -0.1) is 0 Å². The average molecular weight is 252 g/mol. The third-order valence-corrected chi connectivity index (χ3v) is 3.65. The molecule has 0 aliphatic carbocycles. The molecule has 72 valence electrons. The molecule has 0 bridgehead atoms. The van der Waals surface area contributed by atoms with Crippen LogP contribution in [-0.4, -0.2) is 37.6 Å². The molecule has 0 aliphatic heterocycles. The van der Waals surface area contributed by atoms with Crippen molar-refractivity contribution in [3.8, 4) is 0 Å². The Kier molecular flexibility index (Phi) is 2.55. The molecule has 2 aromatic rings. The quantitative estimate of drug-likeness (QED) is 0.787. The van der Waals surface area contributed by atoms with Gasteiger partial charge >= 0.3 is 87.0 Å². The summed E-state index contributed by atoms with van der Waals surface area (Å²) < 4.78 is 5.21. The Hall–Kier alpha value is -1.28. The fraction of sp³-hybridized carbons (Fsp3) is 0.111. The summed E-state index contributed by atoms with van der Waals surface area (Å²) in [5.74, 6) is 0. The predicted octanol–water partition coefficient (Wildman–Crippen LogP) is 0.391. The molecule has 1 aromatic heterocycles. The van der Waals surface area contributed by atoms with Crippen LogP contribution < -0.4 is 4.61 Å². The van der Waals surface area contributed by atoms with Crippen molar-refractivity contribution in [2.24, 2.45) is 0 Å². The van der Waals surface area contributed by atoms with Crippen molar-refractivity contribution in [3.05, 3.63) is 24.3 Å². The summed E-state index contributed by atoms with van der Waals surface area (Å²) >= 11 is -0.948. The first kappa shape index (κ1) is 9.28. The van der Waals surface area contributed by atoms with Crippen LogP contribution in [0.2, 0.25) is 0 Å². The van der Waals surface area contributed by atoms with Gasteiger partial charge in [-0.05, 0) is 0 Å². The van der Waals surface area contributed by atoms with Crippen LogP contribution in [0.25, 0.3) is 11.0 Å². The molecule has 1 N–H and O–H groups in total. The van der Waals surface area contributed by atoms with Gasteiger partial charge in [-0.3, -0.25) is 0 Å². The van der Waals surface area contributed by atoms with Gasteiger partial charge in [0.15, 0.2) is 0 Å². The zero-order valence-corrected chi connectivity index (χ0v) is 9.67. The third-order valence-electron chi connectivity index (χ3n) is 1.80. The van der Waals surface area contributed by atoms with E-state index in [1.807, 2.05) is 24.3 Å². The van der Waals surface area contributed by atoms with Crippen molar-refractivity contribution in [3.63, 3.8) is 0 Å². The molecule has 0 aliphatic rings. The van der Waals surface area contributed by atoms with E-state index in [4.69, 9.17) is 0 Å². The third kappa shape index (κ3) is 1.80. The maximum absolute atomic E-state index is 11.0. The number of para-hydroxylation sites is 2. The summed E-state index contributed by atoms with van der Waals surface area (Å²) in [5, 5.41) is 0. The second kappa shape index (κ2) is 3.84. The Labute approximate surface area is 87.4 Å². The van der Waals surface area contributed by atoms with E-state index < -0.39 is 15.8 Å². The van der Waals surface area contributed by atoms with E-state index >= 15 is 0 Å². The molecule has 1 aromatic carbocycles.